The molecule has 3 nitrogen and oxygen atoms in total. The van der Waals surface area contributed by atoms with Gasteiger partial charge in [0.25, 0.3) is 0 Å². The summed E-state index contributed by atoms with van der Waals surface area (Å²) in [6.45, 7) is 10.1. The Kier molecular flexibility index (Phi) is 3.24. The molecule has 92 valence electrons. The molecule has 0 aromatic rings. The summed E-state index contributed by atoms with van der Waals surface area (Å²) >= 11 is 0. The molecule has 16 heavy (non-hydrogen) atoms. The van der Waals surface area contributed by atoms with Gasteiger partial charge in [-0.15, -0.1) is 0 Å². The summed E-state index contributed by atoms with van der Waals surface area (Å²) < 4.78 is 5.29. The molecule has 2 rings (SSSR count). The number of carbonyl (C=O) groups is 1. The van der Waals surface area contributed by atoms with E-state index in [2.05, 4.69) is 25.7 Å². The van der Waals surface area contributed by atoms with Crippen LogP contribution in [0.4, 0.5) is 0 Å². The van der Waals surface area contributed by atoms with Gasteiger partial charge in [-0.25, -0.2) is 0 Å². The second kappa shape index (κ2) is 4.36. The van der Waals surface area contributed by atoms with Crippen molar-refractivity contribution >= 4 is 5.91 Å². The maximum Gasteiger partial charge on any atom is 0.228 e. The first-order valence-electron chi connectivity index (χ1n) is 6.39. The Bertz CT molecular complexity index is 271. The standard InChI is InChI=1S/C13H23NO2/c1-10(2)13(3)5-6-14(9-13)12(15)11-4-7-16-8-11/h10-11H,4-9H2,1-3H3. The molecule has 0 aliphatic carbocycles. The first-order valence-corrected chi connectivity index (χ1v) is 6.39. The lowest BCUT2D eigenvalue weighted by Gasteiger charge is -2.29. The van der Waals surface area contributed by atoms with Crippen molar-refractivity contribution < 1.29 is 9.53 Å². The van der Waals surface area contributed by atoms with Gasteiger partial charge < -0.3 is 9.64 Å². The van der Waals surface area contributed by atoms with Gasteiger partial charge in [-0.2, -0.15) is 0 Å². The average molecular weight is 225 g/mol. The van der Waals surface area contributed by atoms with Crippen molar-refractivity contribution in [1.29, 1.82) is 0 Å². The van der Waals surface area contributed by atoms with Crippen LogP contribution < -0.4 is 0 Å². The van der Waals surface area contributed by atoms with E-state index in [1.807, 2.05) is 0 Å². The topological polar surface area (TPSA) is 29.5 Å². The van der Waals surface area contributed by atoms with E-state index in [9.17, 15) is 4.79 Å². The monoisotopic (exact) mass is 225 g/mol. The molecule has 3 heteroatoms. The van der Waals surface area contributed by atoms with E-state index in [-0.39, 0.29) is 5.92 Å². The molecule has 0 bridgehead atoms. The van der Waals surface area contributed by atoms with Crippen LogP contribution in [0.1, 0.15) is 33.6 Å². The SMILES string of the molecule is CC(C)C1(C)CCN(C(=O)C2CCOC2)C1. The van der Waals surface area contributed by atoms with Gasteiger partial charge in [0.1, 0.15) is 0 Å². The fraction of sp³-hybridized carbons (Fsp3) is 0.923. The smallest absolute Gasteiger partial charge is 0.228 e. The van der Waals surface area contributed by atoms with E-state index >= 15 is 0 Å². The number of hydrogen-bond acceptors (Lipinski definition) is 2. The van der Waals surface area contributed by atoms with Crippen LogP contribution in [0.15, 0.2) is 0 Å². The second-order valence-corrected chi connectivity index (χ2v) is 5.88. The molecule has 2 aliphatic rings. The number of amides is 1. The summed E-state index contributed by atoms with van der Waals surface area (Å²) in [5, 5.41) is 0. The minimum Gasteiger partial charge on any atom is -0.381 e. The van der Waals surface area contributed by atoms with Gasteiger partial charge in [0.2, 0.25) is 5.91 Å². The molecule has 2 atom stereocenters. The third-order valence-electron chi connectivity index (χ3n) is 4.49. The molecule has 0 aromatic heterocycles. The Labute approximate surface area is 98.1 Å². The molecular weight excluding hydrogens is 202 g/mol. The van der Waals surface area contributed by atoms with Gasteiger partial charge in [0.05, 0.1) is 12.5 Å². The number of likely N-dealkylation sites (tertiary alicyclic amines) is 1. The van der Waals surface area contributed by atoms with E-state index in [4.69, 9.17) is 4.74 Å². The van der Waals surface area contributed by atoms with Crippen LogP contribution in [-0.4, -0.2) is 37.1 Å². The fourth-order valence-corrected chi connectivity index (χ4v) is 2.63. The van der Waals surface area contributed by atoms with Gasteiger partial charge in [-0.05, 0) is 24.2 Å². The van der Waals surface area contributed by atoms with Gasteiger partial charge in [-0.1, -0.05) is 20.8 Å². The third-order valence-corrected chi connectivity index (χ3v) is 4.49. The molecule has 2 heterocycles. The number of nitrogens with zero attached hydrogens (tertiary/aromatic N) is 1. The maximum absolute atomic E-state index is 12.2. The third kappa shape index (κ3) is 2.10. The summed E-state index contributed by atoms with van der Waals surface area (Å²) in [6, 6.07) is 0. The summed E-state index contributed by atoms with van der Waals surface area (Å²) in [6.07, 6.45) is 2.05. The highest BCUT2D eigenvalue weighted by Crippen LogP contribution is 2.37. The quantitative estimate of drug-likeness (QED) is 0.718. The first kappa shape index (κ1) is 11.9. The number of ether oxygens (including phenoxy) is 1. The van der Waals surface area contributed by atoms with E-state index in [0.29, 0.717) is 23.8 Å². The Morgan fingerprint density at radius 1 is 1.50 bits per heavy atom. The lowest BCUT2D eigenvalue weighted by Crippen LogP contribution is -2.37. The van der Waals surface area contributed by atoms with Crippen LogP contribution in [-0.2, 0) is 9.53 Å². The average Bonchev–Trinajstić information content (AvgIpc) is 2.85. The van der Waals surface area contributed by atoms with Crippen molar-refractivity contribution in [3.05, 3.63) is 0 Å². The zero-order valence-electron chi connectivity index (χ0n) is 10.7. The molecule has 2 fully saturated rings. The van der Waals surface area contributed by atoms with E-state index in [1.54, 1.807) is 0 Å². The first-order chi connectivity index (χ1) is 7.53. The largest absolute Gasteiger partial charge is 0.381 e. The number of rotatable bonds is 2. The molecule has 0 saturated carbocycles. The van der Waals surface area contributed by atoms with Crippen LogP contribution in [0.25, 0.3) is 0 Å². The number of hydrogen-bond donors (Lipinski definition) is 0. The van der Waals surface area contributed by atoms with E-state index < -0.39 is 0 Å². The van der Waals surface area contributed by atoms with Crippen LogP contribution in [0.2, 0.25) is 0 Å². The predicted molar refractivity (Wildman–Crippen MR) is 63.1 cm³/mol. The molecule has 2 saturated heterocycles. The highest BCUT2D eigenvalue weighted by molar-refractivity contribution is 5.79. The zero-order chi connectivity index (χ0) is 11.8. The fourth-order valence-electron chi connectivity index (χ4n) is 2.63. The Balaban J connectivity index is 1.95. The van der Waals surface area contributed by atoms with Crippen LogP contribution in [0.5, 0.6) is 0 Å². The summed E-state index contributed by atoms with van der Waals surface area (Å²) in [5.74, 6) is 1.10. The highest BCUT2D eigenvalue weighted by atomic mass is 16.5. The minimum atomic E-state index is 0.134. The van der Waals surface area contributed by atoms with Crippen molar-refractivity contribution in [2.24, 2.45) is 17.3 Å². The molecular formula is C13H23NO2. The number of carbonyl (C=O) groups excluding carboxylic acids is 1. The summed E-state index contributed by atoms with van der Waals surface area (Å²) in [7, 11) is 0. The maximum atomic E-state index is 12.2. The van der Waals surface area contributed by atoms with Gasteiger partial charge in [0, 0.05) is 19.7 Å². The van der Waals surface area contributed by atoms with Crippen molar-refractivity contribution in [1.82, 2.24) is 4.90 Å². The Hall–Kier alpha value is -0.570. The van der Waals surface area contributed by atoms with Crippen molar-refractivity contribution in [2.45, 2.75) is 33.6 Å². The summed E-state index contributed by atoms with van der Waals surface area (Å²) in [5.41, 5.74) is 0.315. The molecule has 2 unspecified atom stereocenters. The molecule has 0 aromatic carbocycles. The lowest BCUT2D eigenvalue weighted by atomic mass is 9.78. The second-order valence-electron chi connectivity index (χ2n) is 5.88. The molecule has 0 radical (unpaired) electrons. The Morgan fingerprint density at radius 3 is 2.75 bits per heavy atom. The zero-order valence-corrected chi connectivity index (χ0v) is 10.7. The molecule has 1 amide bonds. The summed E-state index contributed by atoms with van der Waals surface area (Å²) in [4.78, 5) is 14.3. The lowest BCUT2D eigenvalue weighted by molar-refractivity contribution is -0.134. The molecule has 2 aliphatic heterocycles. The molecule has 0 N–H and O–H groups in total. The van der Waals surface area contributed by atoms with Crippen LogP contribution in [0, 0.1) is 17.3 Å². The normalized spacial score (nSPS) is 35.0. The highest BCUT2D eigenvalue weighted by Gasteiger charge is 2.40. The van der Waals surface area contributed by atoms with Crippen LogP contribution >= 0.6 is 0 Å². The van der Waals surface area contributed by atoms with Crippen LogP contribution in [0.3, 0.4) is 0 Å². The van der Waals surface area contributed by atoms with Crippen molar-refractivity contribution in [2.75, 3.05) is 26.3 Å². The van der Waals surface area contributed by atoms with E-state index in [1.165, 1.54) is 0 Å². The van der Waals surface area contributed by atoms with Gasteiger partial charge in [-0.3, -0.25) is 4.79 Å². The predicted octanol–water partition coefficient (Wildman–Crippen LogP) is 1.92. The van der Waals surface area contributed by atoms with Crippen molar-refractivity contribution in [3.8, 4) is 0 Å². The van der Waals surface area contributed by atoms with E-state index in [0.717, 1.165) is 32.5 Å². The Morgan fingerprint density at radius 2 is 2.25 bits per heavy atom. The minimum absolute atomic E-state index is 0.134. The van der Waals surface area contributed by atoms with Gasteiger partial charge in [0.15, 0.2) is 0 Å². The van der Waals surface area contributed by atoms with Gasteiger partial charge >= 0.3 is 0 Å². The molecule has 0 spiro atoms. The van der Waals surface area contributed by atoms with Crippen molar-refractivity contribution in [3.63, 3.8) is 0 Å².